The van der Waals surface area contributed by atoms with Crippen molar-refractivity contribution in [1.82, 2.24) is 24.1 Å². The van der Waals surface area contributed by atoms with Crippen LogP contribution in [0.4, 0.5) is 10.7 Å². The minimum Gasteiger partial charge on any atom is -0.449 e. The van der Waals surface area contributed by atoms with Crippen LogP contribution >= 0.6 is 0 Å². The van der Waals surface area contributed by atoms with Gasteiger partial charge in [0.25, 0.3) is 5.95 Å². The Kier molecular flexibility index (Phi) is 7.04. The number of amides is 1. The molecule has 0 aliphatic carbocycles. The van der Waals surface area contributed by atoms with Crippen LogP contribution in [0.3, 0.4) is 0 Å². The summed E-state index contributed by atoms with van der Waals surface area (Å²) in [5, 5.41) is 11.5. The molecule has 0 saturated carbocycles. The molecule has 5 rings (SSSR count). The Morgan fingerprint density at radius 3 is 2.59 bits per heavy atom. The SMILES string of the molecule is CC(C)COC(=O)Nc1nnc2c3cc(S(=O)(=O)N4CCOCC4)ccc3n(Cc3ccccc3)c2n1. The maximum absolute atomic E-state index is 13.3. The van der Waals surface area contributed by atoms with Gasteiger partial charge in [-0.2, -0.15) is 9.29 Å². The van der Waals surface area contributed by atoms with Crippen molar-refractivity contribution < 1.29 is 22.7 Å². The Morgan fingerprint density at radius 2 is 1.86 bits per heavy atom. The van der Waals surface area contributed by atoms with E-state index in [0.717, 1.165) is 11.1 Å². The summed E-state index contributed by atoms with van der Waals surface area (Å²) in [6, 6.07) is 14.8. The number of fused-ring (bicyclic) bond motifs is 3. The molecule has 0 bridgehead atoms. The third kappa shape index (κ3) is 5.26. The maximum Gasteiger partial charge on any atom is 0.414 e. The smallest absolute Gasteiger partial charge is 0.414 e. The molecule has 1 aliphatic rings. The molecule has 0 spiro atoms. The fourth-order valence-electron chi connectivity index (χ4n) is 4.18. The van der Waals surface area contributed by atoms with Crippen LogP contribution in [0.2, 0.25) is 0 Å². The van der Waals surface area contributed by atoms with Crippen molar-refractivity contribution in [3.63, 3.8) is 0 Å². The number of ether oxygens (including phenoxy) is 2. The van der Waals surface area contributed by atoms with E-state index < -0.39 is 16.1 Å². The Hall–Kier alpha value is -3.61. The van der Waals surface area contributed by atoms with Gasteiger partial charge in [0.15, 0.2) is 5.65 Å². The van der Waals surface area contributed by atoms with Gasteiger partial charge in [0.05, 0.1) is 30.2 Å². The molecule has 1 aliphatic heterocycles. The number of sulfonamides is 1. The van der Waals surface area contributed by atoms with Crippen molar-refractivity contribution in [3.8, 4) is 0 Å². The first-order valence-electron chi connectivity index (χ1n) is 12.0. The molecule has 2 aromatic carbocycles. The van der Waals surface area contributed by atoms with E-state index in [0.29, 0.717) is 49.4 Å². The van der Waals surface area contributed by atoms with E-state index >= 15 is 0 Å². The zero-order valence-corrected chi connectivity index (χ0v) is 21.4. The van der Waals surface area contributed by atoms with Crippen LogP contribution in [-0.4, -0.2) is 71.5 Å². The number of hydrogen-bond acceptors (Lipinski definition) is 8. The summed E-state index contributed by atoms with van der Waals surface area (Å²) >= 11 is 0. The Bertz CT molecular complexity index is 1530. The summed E-state index contributed by atoms with van der Waals surface area (Å²) in [6.45, 7) is 5.94. The highest BCUT2D eigenvalue weighted by molar-refractivity contribution is 7.89. The van der Waals surface area contributed by atoms with Crippen LogP contribution in [0.15, 0.2) is 53.4 Å². The molecule has 4 aromatic rings. The van der Waals surface area contributed by atoms with E-state index in [1.54, 1.807) is 18.2 Å². The standard InChI is InChI=1S/C25H28N6O5S/c1-17(2)16-36-25(32)27-24-26-23-22(28-29-24)20-14-19(37(33,34)30-10-12-35-13-11-30)8-9-21(20)31(23)15-18-6-4-3-5-7-18/h3-9,14,17H,10-13,15-16H2,1-2H3,(H,26,27,29,32). The average molecular weight is 525 g/mol. The fourth-order valence-corrected chi connectivity index (χ4v) is 5.61. The summed E-state index contributed by atoms with van der Waals surface area (Å²) in [5.41, 5.74) is 2.68. The van der Waals surface area contributed by atoms with Crippen LogP contribution in [-0.2, 0) is 26.0 Å². The van der Waals surface area contributed by atoms with Gasteiger partial charge in [-0.05, 0) is 29.7 Å². The second kappa shape index (κ2) is 10.4. The van der Waals surface area contributed by atoms with Crippen molar-refractivity contribution in [2.45, 2.75) is 25.3 Å². The van der Waals surface area contributed by atoms with Crippen molar-refractivity contribution in [3.05, 3.63) is 54.1 Å². The van der Waals surface area contributed by atoms with Crippen LogP contribution in [0.25, 0.3) is 22.1 Å². The molecule has 1 fully saturated rings. The number of aromatic nitrogens is 4. The minimum atomic E-state index is -3.71. The summed E-state index contributed by atoms with van der Waals surface area (Å²) in [4.78, 5) is 16.9. The van der Waals surface area contributed by atoms with E-state index in [2.05, 4.69) is 20.5 Å². The molecule has 0 radical (unpaired) electrons. The lowest BCUT2D eigenvalue weighted by molar-refractivity contribution is 0.0730. The summed E-state index contributed by atoms with van der Waals surface area (Å²) < 4.78 is 40.4. The van der Waals surface area contributed by atoms with Gasteiger partial charge in [0.2, 0.25) is 10.0 Å². The highest BCUT2D eigenvalue weighted by Gasteiger charge is 2.27. The summed E-state index contributed by atoms with van der Waals surface area (Å²) in [5.74, 6) is 0.183. The van der Waals surface area contributed by atoms with Gasteiger partial charge in [0, 0.05) is 25.0 Å². The van der Waals surface area contributed by atoms with Crippen molar-refractivity contribution in [1.29, 1.82) is 0 Å². The number of morpholine rings is 1. The molecule has 1 saturated heterocycles. The topological polar surface area (TPSA) is 129 Å². The Balaban J connectivity index is 1.58. The van der Waals surface area contributed by atoms with Crippen molar-refractivity contribution >= 4 is 44.1 Å². The zero-order chi connectivity index (χ0) is 26.0. The first kappa shape index (κ1) is 25.1. The molecule has 1 amide bonds. The second-order valence-electron chi connectivity index (χ2n) is 9.19. The van der Waals surface area contributed by atoms with Gasteiger partial charge in [-0.15, -0.1) is 10.2 Å². The molecule has 0 atom stereocenters. The average Bonchev–Trinajstić information content (AvgIpc) is 3.20. The molecule has 37 heavy (non-hydrogen) atoms. The lowest BCUT2D eigenvalue weighted by Crippen LogP contribution is -2.40. The van der Waals surface area contributed by atoms with E-state index in [9.17, 15) is 13.2 Å². The van der Waals surface area contributed by atoms with Crippen LogP contribution in [0.1, 0.15) is 19.4 Å². The predicted molar refractivity (Wildman–Crippen MR) is 138 cm³/mol. The van der Waals surface area contributed by atoms with Crippen LogP contribution in [0.5, 0.6) is 0 Å². The number of carbonyl (C=O) groups excluding carboxylic acids is 1. The van der Waals surface area contributed by atoms with Crippen molar-refractivity contribution in [2.75, 3.05) is 38.2 Å². The third-order valence-electron chi connectivity index (χ3n) is 5.99. The van der Waals surface area contributed by atoms with Gasteiger partial charge >= 0.3 is 6.09 Å². The zero-order valence-electron chi connectivity index (χ0n) is 20.6. The number of nitrogens with zero attached hydrogens (tertiary/aromatic N) is 5. The lowest BCUT2D eigenvalue weighted by atomic mass is 10.2. The molecule has 194 valence electrons. The quantitative estimate of drug-likeness (QED) is 0.390. The lowest BCUT2D eigenvalue weighted by Gasteiger charge is -2.26. The summed E-state index contributed by atoms with van der Waals surface area (Å²) in [6.07, 6.45) is -0.667. The van der Waals surface area contributed by atoms with Gasteiger partial charge in [-0.25, -0.2) is 13.2 Å². The number of anilines is 1. The summed E-state index contributed by atoms with van der Waals surface area (Å²) in [7, 11) is -3.71. The molecule has 2 aromatic heterocycles. The van der Waals surface area contributed by atoms with Gasteiger partial charge in [-0.3, -0.25) is 5.32 Å². The van der Waals surface area contributed by atoms with Gasteiger partial charge < -0.3 is 14.0 Å². The molecule has 0 unspecified atom stereocenters. The largest absolute Gasteiger partial charge is 0.449 e. The maximum atomic E-state index is 13.3. The highest BCUT2D eigenvalue weighted by Crippen LogP contribution is 2.31. The number of nitrogens with one attached hydrogen (secondary N) is 1. The molecule has 3 heterocycles. The van der Waals surface area contributed by atoms with E-state index in [-0.39, 0.29) is 23.4 Å². The minimum absolute atomic E-state index is 0.000430. The highest BCUT2D eigenvalue weighted by atomic mass is 32.2. The monoisotopic (exact) mass is 524 g/mol. The van der Waals surface area contributed by atoms with E-state index in [4.69, 9.17) is 9.47 Å². The molecule has 12 heteroatoms. The Labute approximate surface area is 214 Å². The van der Waals surface area contributed by atoms with Gasteiger partial charge in [0.1, 0.15) is 5.52 Å². The van der Waals surface area contributed by atoms with Gasteiger partial charge in [-0.1, -0.05) is 44.2 Å². The van der Waals surface area contributed by atoms with Crippen LogP contribution in [0, 0.1) is 5.92 Å². The number of rotatable bonds is 7. The Morgan fingerprint density at radius 1 is 1.11 bits per heavy atom. The first-order valence-corrected chi connectivity index (χ1v) is 13.5. The van der Waals surface area contributed by atoms with Crippen molar-refractivity contribution in [2.24, 2.45) is 5.92 Å². The molecule has 1 N–H and O–H groups in total. The number of benzene rings is 2. The predicted octanol–water partition coefficient (Wildman–Crippen LogP) is 3.25. The molecular weight excluding hydrogens is 496 g/mol. The number of carbonyl (C=O) groups is 1. The van der Waals surface area contributed by atoms with E-state index in [1.165, 1.54) is 4.31 Å². The molecule has 11 nitrogen and oxygen atoms in total. The first-order chi connectivity index (χ1) is 17.8. The van der Waals surface area contributed by atoms with Crippen LogP contribution < -0.4 is 5.32 Å². The number of hydrogen-bond donors (Lipinski definition) is 1. The fraction of sp³-hybridized carbons (Fsp3) is 0.360. The third-order valence-corrected chi connectivity index (χ3v) is 7.89. The van der Waals surface area contributed by atoms with E-state index in [1.807, 2.05) is 48.7 Å². The second-order valence-corrected chi connectivity index (χ2v) is 11.1. The molecular formula is C25H28N6O5S. The normalized spacial score (nSPS) is 14.9.